The van der Waals surface area contributed by atoms with Crippen molar-refractivity contribution >= 4 is 23.0 Å². The van der Waals surface area contributed by atoms with E-state index in [1.54, 1.807) is 0 Å². The Hall–Kier alpha value is -0.640. The molecule has 0 radical (unpaired) electrons. The molecule has 0 saturated heterocycles. The second-order valence-corrected chi connectivity index (χ2v) is 4.63. The van der Waals surface area contributed by atoms with Crippen LogP contribution in [0.25, 0.3) is 0 Å². The second-order valence-electron chi connectivity index (χ2n) is 4.19. The number of nitrogens with zero attached hydrogens (tertiary/aromatic N) is 1. The summed E-state index contributed by atoms with van der Waals surface area (Å²) < 4.78 is 0. The maximum absolute atomic E-state index is 5.28. The second kappa shape index (κ2) is 10.9. The fourth-order valence-corrected chi connectivity index (χ4v) is 1.59. The maximum Gasteiger partial charge on any atom is 0.184 e. The quantitative estimate of drug-likeness (QED) is 0.283. The fourth-order valence-electron chi connectivity index (χ4n) is 1.54. The van der Waals surface area contributed by atoms with Crippen LogP contribution in [0.1, 0.15) is 65.2 Å². The Labute approximate surface area is 105 Å². The average Bonchev–Trinajstić information content (AvgIpc) is 2.25. The van der Waals surface area contributed by atoms with E-state index >= 15 is 0 Å². The van der Waals surface area contributed by atoms with Gasteiger partial charge in [-0.25, -0.2) is 0 Å². The van der Waals surface area contributed by atoms with Crippen molar-refractivity contribution < 1.29 is 0 Å². The largest absolute Gasteiger partial charge is 0.375 e. The summed E-state index contributed by atoms with van der Waals surface area (Å²) in [6.45, 7) is 4.25. The lowest BCUT2D eigenvalue weighted by Crippen LogP contribution is -2.25. The lowest BCUT2D eigenvalue weighted by atomic mass is 10.1. The predicted octanol–water partition coefficient (Wildman–Crippen LogP) is 3.34. The van der Waals surface area contributed by atoms with E-state index in [4.69, 9.17) is 5.73 Å². The first kappa shape index (κ1) is 15.4. The third-order valence-electron chi connectivity index (χ3n) is 2.50. The lowest BCUT2D eigenvalue weighted by Gasteiger charge is -2.02. The highest BCUT2D eigenvalue weighted by Crippen LogP contribution is 2.08. The third kappa shape index (κ3) is 11.4. The van der Waals surface area contributed by atoms with Crippen LogP contribution in [0.15, 0.2) is 5.10 Å². The number of hydrogen-bond donors (Lipinski definition) is 2. The summed E-state index contributed by atoms with van der Waals surface area (Å²) in [5.41, 5.74) is 8.96. The van der Waals surface area contributed by atoms with Crippen LogP contribution in [-0.2, 0) is 0 Å². The van der Waals surface area contributed by atoms with Gasteiger partial charge in [-0.3, -0.25) is 5.43 Å². The van der Waals surface area contributed by atoms with Gasteiger partial charge in [-0.15, -0.1) is 0 Å². The molecule has 0 aromatic heterocycles. The molecule has 0 fully saturated rings. The summed E-state index contributed by atoms with van der Waals surface area (Å²) in [4.78, 5) is 0. The lowest BCUT2D eigenvalue weighted by molar-refractivity contribution is 0.595. The van der Waals surface area contributed by atoms with E-state index in [2.05, 4.69) is 29.7 Å². The molecule has 16 heavy (non-hydrogen) atoms. The first-order valence-corrected chi connectivity index (χ1v) is 6.66. The number of hydrogen-bond acceptors (Lipinski definition) is 2. The molecule has 0 spiro atoms. The van der Waals surface area contributed by atoms with E-state index in [0.717, 1.165) is 12.1 Å². The zero-order valence-corrected chi connectivity index (χ0v) is 11.4. The van der Waals surface area contributed by atoms with E-state index in [1.165, 1.54) is 44.9 Å². The SMILES string of the molecule is CCCCCCCCCC(C)=NNC(N)=S. The molecule has 0 heterocycles. The first-order chi connectivity index (χ1) is 7.66. The highest BCUT2D eigenvalue weighted by molar-refractivity contribution is 7.80. The molecule has 0 atom stereocenters. The van der Waals surface area contributed by atoms with Gasteiger partial charge in [0.05, 0.1) is 0 Å². The van der Waals surface area contributed by atoms with Gasteiger partial charge in [-0.1, -0.05) is 45.4 Å². The van der Waals surface area contributed by atoms with E-state index in [9.17, 15) is 0 Å². The fraction of sp³-hybridized carbons (Fsp3) is 0.833. The molecule has 0 amide bonds. The zero-order valence-electron chi connectivity index (χ0n) is 10.6. The van der Waals surface area contributed by atoms with Gasteiger partial charge in [-0.2, -0.15) is 5.10 Å². The monoisotopic (exact) mass is 243 g/mol. The third-order valence-corrected chi connectivity index (χ3v) is 2.59. The van der Waals surface area contributed by atoms with Crippen LogP contribution in [0, 0.1) is 0 Å². The normalized spacial score (nSPS) is 11.5. The van der Waals surface area contributed by atoms with Gasteiger partial charge >= 0.3 is 0 Å². The first-order valence-electron chi connectivity index (χ1n) is 6.25. The minimum atomic E-state index is 0.235. The van der Waals surface area contributed by atoms with Gasteiger partial charge in [0.1, 0.15) is 0 Å². The van der Waals surface area contributed by atoms with Gasteiger partial charge in [-0.05, 0) is 32.0 Å². The molecule has 4 heteroatoms. The minimum absolute atomic E-state index is 0.235. The molecule has 94 valence electrons. The number of unbranched alkanes of at least 4 members (excludes halogenated alkanes) is 6. The van der Waals surface area contributed by atoms with Gasteiger partial charge in [0.2, 0.25) is 0 Å². The Morgan fingerprint density at radius 3 is 2.25 bits per heavy atom. The smallest absolute Gasteiger partial charge is 0.184 e. The predicted molar refractivity (Wildman–Crippen MR) is 75.6 cm³/mol. The van der Waals surface area contributed by atoms with Crippen molar-refractivity contribution in [2.75, 3.05) is 0 Å². The van der Waals surface area contributed by atoms with E-state index in [1.807, 2.05) is 6.92 Å². The number of hydrazone groups is 1. The molecule has 0 saturated carbocycles. The van der Waals surface area contributed by atoms with Crippen molar-refractivity contribution in [1.29, 1.82) is 0 Å². The summed E-state index contributed by atoms with van der Waals surface area (Å²) in [6, 6.07) is 0. The molecule has 0 unspecified atom stereocenters. The van der Waals surface area contributed by atoms with Crippen LogP contribution < -0.4 is 11.2 Å². The van der Waals surface area contributed by atoms with Crippen molar-refractivity contribution in [2.24, 2.45) is 10.8 Å². The van der Waals surface area contributed by atoms with Gasteiger partial charge < -0.3 is 5.73 Å². The minimum Gasteiger partial charge on any atom is -0.375 e. The molecular weight excluding hydrogens is 218 g/mol. The van der Waals surface area contributed by atoms with Crippen LogP contribution in [-0.4, -0.2) is 10.8 Å². The Morgan fingerprint density at radius 1 is 1.12 bits per heavy atom. The number of rotatable bonds is 9. The van der Waals surface area contributed by atoms with Crippen LogP contribution in [0.3, 0.4) is 0 Å². The summed E-state index contributed by atoms with van der Waals surface area (Å²) in [5.74, 6) is 0. The number of nitrogens with one attached hydrogen (secondary N) is 1. The standard InChI is InChI=1S/C12H25N3S/c1-3-4-5-6-7-8-9-10-11(2)14-15-12(13)16/h3-10H2,1-2H3,(H3,13,15,16). The molecular formula is C12H25N3S. The average molecular weight is 243 g/mol. The van der Waals surface area contributed by atoms with Crippen LogP contribution in [0.4, 0.5) is 0 Å². The van der Waals surface area contributed by atoms with Crippen LogP contribution in [0.2, 0.25) is 0 Å². The van der Waals surface area contributed by atoms with Crippen molar-refractivity contribution in [2.45, 2.75) is 65.2 Å². The Kier molecular flexibility index (Phi) is 10.4. The van der Waals surface area contributed by atoms with Crippen LogP contribution in [0.5, 0.6) is 0 Å². The zero-order chi connectivity index (χ0) is 12.2. The molecule has 0 aliphatic heterocycles. The molecule has 0 aromatic rings. The van der Waals surface area contributed by atoms with E-state index < -0.39 is 0 Å². The number of nitrogens with two attached hydrogens (primary N) is 1. The van der Waals surface area contributed by atoms with Crippen molar-refractivity contribution in [3.63, 3.8) is 0 Å². The van der Waals surface area contributed by atoms with Gasteiger partial charge in [0.25, 0.3) is 0 Å². The summed E-state index contributed by atoms with van der Waals surface area (Å²) in [6.07, 6.45) is 10.3. The Bertz CT molecular complexity index is 214. The molecule has 0 aliphatic rings. The van der Waals surface area contributed by atoms with Crippen molar-refractivity contribution in [3.05, 3.63) is 0 Å². The van der Waals surface area contributed by atoms with E-state index in [-0.39, 0.29) is 5.11 Å². The van der Waals surface area contributed by atoms with Gasteiger partial charge in [0, 0.05) is 5.71 Å². The number of thiocarbonyl (C=S) groups is 1. The highest BCUT2D eigenvalue weighted by atomic mass is 32.1. The summed E-state index contributed by atoms with van der Waals surface area (Å²) in [7, 11) is 0. The summed E-state index contributed by atoms with van der Waals surface area (Å²) >= 11 is 4.67. The Morgan fingerprint density at radius 2 is 1.69 bits per heavy atom. The summed E-state index contributed by atoms with van der Waals surface area (Å²) in [5, 5.41) is 4.31. The van der Waals surface area contributed by atoms with Crippen molar-refractivity contribution in [1.82, 2.24) is 5.43 Å². The highest BCUT2D eigenvalue weighted by Gasteiger charge is 1.94. The molecule has 0 bridgehead atoms. The molecule has 3 nitrogen and oxygen atoms in total. The molecule has 0 aliphatic carbocycles. The van der Waals surface area contributed by atoms with Crippen molar-refractivity contribution in [3.8, 4) is 0 Å². The van der Waals surface area contributed by atoms with Gasteiger partial charge in [0.15, 0.2) is 5.11 Å². The van der Waals surface area contributed by atoms with E-state index in [0.29, 0.717) is 0 Å². The molecule has 3 N–H and O–H groups in total. The maximum atomic E-state index is 5.28. The molecule has 0 rings (SSSR count). The Balaban J connectivity index is 3.30. The topological polar surface area (TPSA) is 50.4 Å². The van der Waals surface area contributed by atoms with Crippen LogP contribution >= 0.6 is 12.2 Å². The molecule has 0 aromatic carbocycles.